The molecule has 0 aromatic rings. The van der Waals surface area contributed by atoms with E-state index in [2.05, 4.69) is 313 Å². The third-order valence-electron chi connectivity index (χ3n) is 7.51. The zero-order chi connectivity index (χ0) is 37.6. The summed E-state index contributed by atoms with van der Waals surface area (Å²) < 4.78 is 2.53. The van der Waals surface area contributed by atoms with Gasteiger partial charge in [-0.3, -0.25) is 0 Å². The summed E-state index contributed by atoms with van der Waals surface area (Å²) in [6.45, 7) is 9.67. The number of unbranched alkanes of at least 4 members (excludes halogenated alkanes) is 8. The molecule has 0 aliphatic heterocycles. The maximum atomic E-state index is 6.95. The van der Waals surface area contributed by atoms with Crippen LogP contribution in [0.4, 0.5) is 0 Å². The molecule has 0 fully saturated rings. The Hall–Kier alpha value is 9.03. The van der Waals surface area contributed by atoms with Crippen LogP contribution in [0, 0.1) is 0 Å². The Morgan fingerprint density at radius 3 is 0.830 bits per heavy atom. The maximum Gasteiger partial charge on any atom is 0.173 e. The van der Waals surface area contributed by atoms with Crippen LogP contribution >= 0.6 is 287 Å². The minimum absolute atomic E-state index is 0.406. The van der Waals surface area contributed by atoms with E-state index < -0.39 is 40.3 Å². The van der Waals surface area contributed by atoms with Crippen molar-refractivity contribution in [3.63, 3.8) is 0 Å². The largest absolute Gasteiger partial charge is 0.455 e. The van der Waals surface area contributed by atoms with Gasteiger partial charge >= 0.3 is 0 Å². The van der Waals surface area contributed by atoms with E-state index in [0.717, 1.165) is 25.7 Å². The average Bonchev–Trinajstić information content (AvgIpc) is 2.84. The summed E-state index contributed by atoms with van der Waals surface area (Å²) in [5.41, 5.74) is 0. The molecule has 284 valence electrons. The molecule has 0 aliphatic rings. The summed E-state index contributed by atoms with van der Waals surface area (Å²) >= 11 is 68.1. The minimum atomic E-state index is -1.68. The summed E-state index contributed by atoms with van der Waals surface area (Å²) in [5.74, 6) is 0. The lowest BCUT2D eigenvalue weighted by molar-refractivity contribution is 0.516. The van der Waals surface area contributed by atoms with Crippen molar-refractivity contribution in [3.05, 3.63) is 0 Å². The number of halogens is 18. The molecular formula is C26H40Br18OSi2. The summed E-state index contributed by atoms with van der Waals surface area (Å²) in [6, 6.07) is 2.48. The van der Waals surface area contributed by atoms with Gasteiger partial charge in [-0.05, 0) is 51.1 Å². The van der Waals surface area contributed by atoms with Crippen LogP contribution in [-0.4, -0.2) is 40.3 Å². The normalized spacial score (nSPS) is 15.4. The van der Waals surface area contributed by atoms with Crippen LogP contribution in [0.5, 0.6) is 0 Å². The van der Waals surface area contributed by atoms with Crippen molar-refractivity contribution in [1.29, 1.82) is 0 Å². The van der Waals surface area contributed by atoms with E-state index in [1.54, 1.807) is 0 Å². The molecule has 0 N–H and O–H groups in total. The zero-order valence-electron chi connectivity index (χ0n) is 26.1. The molecular weight excluding hydrogens is 1820 g/mol. The Balaban J connectivity index is 4.47. The molecule has 47 heavy (non-hydrogen) atoms. The lowest BCUT2D eigenvalue weighted by Gasteiger charge is -2.47. The van der Waals surface area contributed by atoms with Gasteiger partial charge in [0.15, 0.2) is 20.9 Å². The molecule has 0 spiro atoms. The maximum absolute atomic E-state index is 6.95. The average molecular weight is 1860 g/mol. The SMILES string of the molecule is C[Si](C)(CCCCCCCC(Br)(Br)C(Br)(Br)C(Br)(Br)C(Br)(Br)Br)O[Si](C)(C)CCCCCCCC(Br)(Br)C(Br)(Br)C(Br)(Br)C(Br)(Br)Br. The number of hydrogen-bond acceptors (Lipinski definition) is 1. The Labute approximate surface area is 438 Å². The monoisotopic (exact) mass is 1840 g/mol. The first-order valence-corrected chi connectivity index (χ1v) is 35.2. The van der Waals surface area contributed by atoms with Crippen molar-refractivity contribution >= 4 is 303 Å². The Morgan fingerprint density at radius 1 is 0.340 bits per heavy atom. The fourth-order valence-electron chi connectivity index (χ4n) is 4.84. The molecule has 0 rings (SSSR count). The summed E-state index contributed by atoms with van der Waals surface area (Å²) in [6.07, 6.45) is 13.9. The first-order valence-electron chi connectivity index (χ1n) is 14.7. The van der Waals surface area contributed by atoms with Gasteiger partial charge in [-0.2, -0.15) is 0 Å². The third-order valence-corrected chi connectivity index (χ3v) is 47.3. The van der Waals surface area contributed by atoms with Gasteiger partial charge in [0, 0.05) is 0 Å². The van der Waals surface area contributed by atoms with Gasteiger partial charge in [0.2, 0.25) is 0 Å². The molecule has 0 radical (unpaired) electrons. The van der Waals surface area contributed by atoms with E-state index in [-0.39, 0.29) is 0 Å². The van der Waals surface area contributed by atoms with E-state index in [9.17, 15) is 0 Å². The van der Waals surface area contributed by atoms with Crippen LogP contribution in [0.2, 0.25) is 38.3 Å². The van der Waals surface area contributed by atoms with Gasteiger partial charge in [0.05, 0.1) is 0 Å². The highest BCUT2D eigenvalue weighted by molar-refractivity contribution is 9.43. The fourth-order valence-corrected chi connectivity index (χ4v) is 26.6. The summed E-state index contributed by atoms with van der Waals surface area (Å²) in [4.78, 5) is 0. The van der Waals surface area contributed by atoms with E-state index in [1.165, 1.54) is 63.5 Å². The van der Waals surface area contributed by atoms with Crippen LogP contribution in [-0.2, 0) is 4.12 Å². The minimum Gasteiger partial charge on any atom is -0.455 e. The third kappa shape index (κ3) is 17.9. The van der Waals surface area contributed by atoms with Crippen molar-refractivity contribution < 1.29 is 4.12 Å². The second-order valence-electron chi connectivity index (χ2n) is 12.9. The number of hydrogen-bond donors (Lipinski definition) is 0. The molecule has 0 aliphatic carbocycles. The van der Waals surface area contributed by atoms with Crippen LogP contribution in [0.1, 0.15) is 77.0 Å². The first kappa shape index (κ1) is 56.0. The molecule has 0 saturated heterocycles. The van der Waals surface area contributed by atoms with Gasteiger partial charge in [0.1, 0.15) is 19.4 Å². The van der Waals surface area contributed by atoms with Crippen LogP contribution < -0.4 is 0 Å². The molecule has 0 heterocycles. The summed E-state index contributed by atoms with van der Waals surface area (Å²) in [7, 11) is -3.35. The Morgan fingerprint density at radius 2 is 0.574 bits per heavy atom. The molecule has 0 bridgehead atoms. The lowest BCUT2D eigenvalue weighted by atomic mass is 10.1. The summed E-state index contributed by atoms with van der Waals surface area (Å²) in [5, 5.41) is 0. The Bertz CT molecular complexity index is 871. The molecule has 21 heteroatoms. The van der Waals surface area contributed by atoms with Crippen molar-refractivity contribution in [2.75, 3.05) is 0 Å². The second kappa shape index (κ2) is 22.8. The van der Waals surface area contributed by atoms with Gasteiger partial charge in [0.25, 0.3) is 0 Å². The molecule has 0 aromatic carbocycles. The van der Waals surface area contributed by atoms with Gasteiger partial charge in [-0.15, -0.1) is 0 Å². The van der Waals surface area contributed by atoms with E-state index >= 15 is 0 Å². The molecule has 0 aromatic heterocycles. The number of rotatable bonds is 22. The highest BCUT2D eigenvalue weighted by atomic mass is 80.0. The fraction of sp³-hybridized carbons (Fsp3) is 1.00. The van der Waals surface area contributed by atoms with E-state index in [0.29, 0.717) is 0 Å². The quantitative estimate of drug-likeness (QED) is 0.0596. The molecule has 0 atom stereocenters. The molecule has 0 amide bonds. The van der Waals surface area contributed by atoms with Crippen LogP contribution in [0.25, 0.3) is 0 Å². The molecule has 0 unspecified atom stereocenters. The zero-order valence-corrected chi connectivity index (χ0v) is 56.7. The number of alkyl halides is 18. The second-order valence-corrected chi connectivity index (χ2v) is 56.6. The smallest absolute Gasteiger partial charge is 0.173 e. The highest BCUT2D eigenvalue weighted by Crippen LogP contribution is 2.70. The van der Waals surface area contributed by atoms with Crippen molar-refractivity contribution in [3.8, 4) is 0 Å². The van der Waals surface area contributed by atoms with Crippen molar-refractivity contribution in [1.82, 2.24) is 0 Å². The van der Waals surface area contributed by atoms with Gasteiger partial charge < -0.3 is 4.12 Å². The van der Waals surface area contributed by atoms with Gasteiger partial charge in [-0.25, -0.2) is 0 Å². The van der Waals surface area contributed by atoms with Crippen LogP contribution in [0.15, 0.2) is 0 Å². The van der Waals surface area contributed by atoms with E-state index in [4.69, 9.17) is 4.12 Å². The van der Waals surface area contributed by atoms with Crippen molar-refractivity contribution in [2.24, 2.45) is 0 Å². The molecule has 0 saturated carbocycles. The Kier molecular flexibility index (Phi) is 27.1. The standard InChI is InChI=1S/C26H40Br18OSi2/c1-46(2,17-13-9-5-7-11-15-19(27,28)21(31,32)23(35,36)25(39,40)41)45-47(3,4)18-14-10-6-8-12-16-20(29,30)22(33,34)24(37,38)26(42,43)44/h5-18H2,1-4H3. The topological polar surface area (TPSA) is 9.23 Å². The molecule has 1 nitrogen and oxygen atoms in total. The highest BCUT2D eigenvalue weighted by Gasteiger charge is 2.65. The van der Waals surface area contributed by atoms with E-state index in [1.807, 2.05) is 0 Å². The lowest BCUT2D eigenvalue weighted by Crippen LogP contribution is -2.53. The first-order chi connectivity index (χ1) is 20.6. The predicted molar refractivity (Wildman–Crippen MR) is 284 cm³/mol. The predicted octanol–water partition coefficient (Wildman–Crippen LogP) is 20.7. The van der Waals surface area contributed by atoms with Gasteiger partial charge in [-0.1, -0.05) is 351 Å². The van der Waals surface area contributed by atoms with Crippen molar-refractivity contribution in [2.45, 2.75) is 139 Å². The van der Waals surface area contributed by atoms with Crippen LogP contribution in [0.3, 0.4) is 0 Å².